The first-order valence-corrected chi connectivity index (χ1v) is 3.35. The van der Waals surface area contributed by atoms with Gasteiger partial charge in [-0.25, -0.2) is 0 Å². The minimum atomic E-state index is 0.653. The maximum absolute atomic E-state index is 2.22. The predicted molar refractivity (Wildman–Crippen MR) is 41.7 cm³/mol. The Morgan fingerprint density at radius 1 is 1.11 bits per heavy atom. The number of rotatable bonds is 3. The minimum absolute atomic E-state index is 0.653. The minimum Gasteiger partial charge on any atom is -0.308 e. The molecule has 0 bridgehead atoms. The van der Waals surface area contributed by atoms with Crippen molar-refractivity contribution >= 4 is 0 Å². The SMILES string of the molecule is C[C@H](CN(C)C)N(C)C. The molecule has 1 atom stereocenters. The smallest absolute Gasteiger partial charge is 0.0188 e. The van der Waals surface area contributed by atoms with E-state index >= 15 is 0 Å². The zero-order valence-electron chi connectivity index (χ0n) is 7.18. The lowest BCUT2D eigenvalue weighted by molar-refractivity contribution is 0.244. The number of hydrogen-bond donors (Lipinski definition) is 0. The normalized spacial score (nSPS) is 15.0. The molecule has 0 unspecified atom stereocenters. The Kier molecular flexibility index (Phi) is 3.82. The van der Waals surface area contributed by atoms with Crippen molar-refractivity contribution < 1.29 is 0 Å². The molecule has 0 radical (unpaired) electrons. The molecule has 0 N–H and O–H groups in total. The predicted octanol–water partition coefficient (Wildman–Crippen LogP) is 0.498. The summed E-state index contributed by atoms with van der Waals surface area (Å²) in [6.07, 6.45) is 0. The molecular weight excluding hydrogens is 112 g/mol. The molecule has 0 aliphatic rings. The summed E-state index contributed by atoms with van der Waals surface area (Å²) in [6.45, 7) is 3.35. The van der Waals surface area contributed by atoms with Gasteiger partial charge in [-0.05, 0) is 35.1 Å². The molecule has 0 aliphatic heterocycles. The van der Waals surface area contributed by atoms with Crippen molar-refractivity contribution in [3.05, 3.63) is 0 Å². The summed E-state index contributed by atoms with van der Waals surface area (Å²) in [5.41, 5.74) is 0. The van der Waals surface area contributed by atoms with Gasteiger partial charge in [0.1, 0.15) is 0 Å². The van der Waals surface area contributed by atoms with E-state index in [1.165, 1.54) is 0 Å². The average Bonchev–Trinajstić information content (AvgIpc) is 1.63. The van der Waals surface area contributed by atoms with Gasteiger partial charge >= 0.3 is 0 Å². The fourth-order valence-corrected chi connectivity index (χ4v) is 0.692. The summed E-state index contributed by atoms with van der Waals surface area (Å²) in [5, 5.41) is 0. The van der Waals surface area contributed by atoms with Crippen LogP contribution in [0.4, 0.5) is 0 Å². The molecule has 0 amide bonds. The highest BCUT2D eigenvalue weighted by atomic mass is 15.2. The van der Waals surface area contributed by atoms with Crippen molar-refractivity contribution in [1.82, 2.24) is 9.80 Å². The summed E-state index contributed by atoms with van der Waals surface area (Å²) in [6, 6.07) is 0.653. The van der Waals surface area contributed by atoms with E-state index in [9.17, 15) is 0 Å². The lowest BCUT2D eigenvalue weighted by Gasteiger charge is -2.22. The van der Waals surface area contributed by atoms with Gasteiger partial charge in [0.25, 0.3) is 0 Å². The topological polar surface area (TPSA) is 6.48 Å². The first-order chi connectivity index (χ1) is 4.04. The van der Waals surface area contributed by atoms with Gasteiger partial charge in [-0.3, -0.25) is 0 Å². The van der Waals surface area contributed by atoms with E-state index in [1.807, 2.05) is 0 Å². The molecule has 0 saturated carbocycles. The maximum atomic E-state index is 2.22. The third-order valence-corrected chi connectivity index (χ3v) is 1.51. The molecule has 0 aromatic carbocycles. The third kappa shape index (κ3) is 4.43. The maximum Gasteiger partial charge on any atom is 0.0188 e. The quantitative estimate of drug-likeness (QED) is 0.549. The van der Waals surface area contributed by atoms with Crippen molar-refractivity contribution in [2.75, 3.05) is 34.7 Å². The van der Waals surface area contributed by atoms with Gasteiger partial charge in [-0.15, -0.1) is 0 Å². The third-order valence-electron chi connectivity index (χ3n) is 1.51. The van der Waals surface area contributed by atoms with Crippen molar-refractivity contribution in [3.63, 3.8) is 0 Å². The fraction of sp³-hybridized carbons (Fsp3) is 1.00. The molecule has 2 heteroatoms. The second-order valence-electron chi connectivity index (χ2n) is 3.07. The van der Waals surface area contributed by atoms with Gasteiger partial charge in [-0.2, -0.15) is 0 Å². The van der Waals surface area contributed by atoms with Crippen molar-refractivity contribution in [1.29, 1.82) is 0 Å². The van der Waals surface area contributed by atoms with Crippen LogP contribution >= 0.6 is 0 Å². The molecule has 0 saturated heterocycles. The number of likely N-dealkylation sites (N-methyl/N-ethyl adjacent to an activating group) is 2. The van der Waals surface area contributed by atoms with Crippen LogP contribution < -0.4 is 0 Å². The fourth-order valence-electron chi connectivity index (χ4n) is 0.692. The Morgan fingerprint density at radius 2 is 1.56 bits per heavy atom. The van der Waals surface area contributed by atoms with Crippen LogP contribution in [-0.2, 0) is 0 Å². The monoisotopic (exact) mass is 130 g/mol. The molecule has 0 aromatic rings. The lowest BCUT2D eigenvalue weighted by Crippen LogP contribution is -2.34. The molecule has 0 heterocycles. The van der Waals surface area contributed by atoms with Crippen LogP contribution in [0.25, 0.3) is 0 Å². The van der Waals surface area contributed by atoms with E-state index in [0.29, 0.717) is 6.04 Å². The first kappa shape index (κ1) is 8.92. The van der Waals surface area contributed by atoms with E-state index in [4.69, 9.17) is 0 Å². The molecule has 0 rings (SSSR count). The van der Waals surface area contributed by atoms with Crippen molar-refractivity contribution in [2.45, 2.75) is 13.0 Å². The largest absolute Gasteiger partial charge is 0.308 e. The van der Waals surface area contributed by atoms with E-state index in [1.54, 1.807) is 0 Å². The van der Waals surface area contributed by atoms with E-state index in [0.717, 1.165) is 6.54 Å². The molecule has 2 nitrogen and oxygen atoms in total. The Morgan fingerprint density at radius 3 is 1.67 bits per heavy atom. The van der Waals surface area contributed by atoms with Crippen LogP contribution in [0.2, 0.25) is 0 Å². The van der Waals surface area contributed by atoms with Crippen LogP contribution in [0.5, 0.6) is 0 Å². The lowest BCUT2D eigenvalue weighted by atomic mass is 10.3. The summed E-state index contributed by atoms with van der Waals surface area (Å²) in [7, 11) is 8.41. The summed E-state index contributed by atoms with van der Waals surface area (Å²) in [4.78, 5) is 4.42. The molecular formula is C7H18N2. The molecule has 0 fully saturated rings. The van der Waals surface area contributed by atoms with Gasteiger partial charge < -0.3 is 9.80 Å². The van der Waals surface area contributed by atoms with Crippen LogP contribution in [0.1, 0.15) is 6.92 Å². The van der Waals surface area contributed by atoms with Gasteiger partial charge in [0, 0.05) is 12.6 Å². The van der Waals surface area contributed by atoms with Crippen LogP contribution in [-0.4, -0.2) is 50.6 Å². The van der Waals surface area contributed by atoms with Crippen LogP contribution in [0, 0.1) is 0 Å². The molecule has 56 valence electrons. The highest BCUT2D eigenvalue weighted by Gasteiger charge is 2.03. The summed E-state index contributed by atoms with van der Waals surface area (Å²) >= 11 is 0. The summed E-state index contributed by atoms with van der Waals surface area (Å²) in [5.74, 6) is 0. The average molecular weight is 130 g/mol. The van der Waals surface area contributed by atoms with E-state index < -0.39 is 0 Å². The standard InChI is InChI=1S/C7H18N2/c1-7(9(4)5)6-8(2)3/h7H,6H2,1-5H3/t7-/m1/s1. The van der Waals surface area contributed by atoms with Gasteiger partial charge in [0.2, 0.25) is 0 Å². The first-order valence-electron chi connectivity index (χ1n) is 3.35. The highest BCUT2D eigenvalue weighted by molar-refractivity contribution is 4.61. The Hall–Kier alpha value is -0.0800. The Balaban J connectivity index is 3.38. The van der Waals surface area contributed by atoms with E-state index in [-0.39, 0.29) is 0 Å². The highest BCUT2D eigenvalue weighted by Crippen LogP contribution is 1.91. The number of nitrogens with zero attached hydrogens (tertiary/aromatic N) is 2. The van der Waals surface area contributed by atoms with Crippen molar-refractivity contribution in [2.24, 2.45) is 0 Å². The molecule has 9 heavy (non-hydrogen) atoms. The molecule has 0 aromatic heterocycles. The Bertz CT molecular complexity index is 69.3. The van der Waals surface area contributed by atoms with Gasteiger partial charge in [0.05, 0.1) is 0 Å². The Labute approximate surface area is 58.4 Å². The molecule has 0 spiro atoms. The van der Waals surface area contributed by atoms with Crippen LogP contribution in [0.3, 0.4) is 0 Å². The zero-order valence-corrected chi connectivity index (χ0v) is 7.18. The number of hydrogen-bond acceptors (Lipinski definition) is 2. The molecule has 0 aliphatic carbocycles. The van der Waals surface area contributed by atoms with Gasteiger partial charge in [0.15, 0.2) is 0 Å². The second-order valence-corrected chi connectivity index (χ2v) is 3.07. The van der Waals surface area contributed by atoms with Crippen LogP contribution in [0.15, 0.2) is 0 Å². The summed E-state index contributed by atoms with van der Waals surface area (Å²) < 4.78 is 0. The van der Waals surface area contributed by atoms with Gasteiger partial charge in [-0.1, -0.05) is 0 Å². The van der Waals surface area contributed by atoms with Crippen molar-refractivity contribution in [3.8, 4) is 0 Å². The second kappa shape index (κ2) is 3.85. The van der Waals surface area contributed by atoms with E-state index in [2.05, 4.69) is 44.9 Å². The zero-order chi connectivity index (χ0) is 7.44.